The van der Waals surface area contributed by atoms with Crippen LogP contribution in [0, 0.1) is 10.1 Å². The minimum absolute atomic E-state index is 0.0406. The predicted octanol–water partition coefficient (Wildman–Crippen LogP) is 3.12. The fraction of sp³-hybridized carbons (Fsp3) is 0.211. The maximum Gasteiger partial charge on any atom is 0.269 e. The van der Waals surface area contributed by atoms with E-state index in [1.807, 2.05) is 12.1 Å². The number of hydrogen-bond acceptors (Lipinski definition) is 6. The highest BCUT2D eigenvalue weighted by Gasteiger charge is 2.11. The Kier molecular flexibility index (Phi) is 5.55. The standard InChI is InChI=1S/C19H19N3O5/c1-26-16-6-7-17-13(12-27-18(17)11-16)10-19(23)21-9-8-20-14-2-4-15(5-3-14)22(24)25/h2-7,11-12,20H,8-10H2,1H3,(H,21,23). The first kappa shape index (κ1) is 18.2. The SMILES string of the molecule is COc1ccc2c(CC(=O)NCCNc3ccc([N+](=O)[O-])cc3)coc2c1. The number of nitro groups is 1. The van der Waals surface area contributed by atoms with E-state index in [1.54, 1.807) is 31.6 Å². The molecule has 140 valence electrons. The minimum Gasteiger partial charge on any atom is -0.497 e. The van der Waals surface area contributed by atoms with Crippen molar-refractivity contribution in [3.63, 3.8) is 0 Å². The molecule has 3 aromatic rings. The zero-order chi connectivity index (χ0) is 19.2. The van der Waals surface area contributed by atoms with Gasteiger partial charge in [-0.2, -0.15) is 0 Å². The molecule has 0 unspecified atom stereocenters. The van der Waals surface area contributed by atoms with Crippen LogP contribution in [0.5, 0.6) is 5.75 Å². The fourth-order valence-electron chi connectivity index (χ4n) is 2.67. The molecule has 0 atom stereocenters. The Morgan fingerprint density at radius 3 is 2.67 bits per heavy atom. The average molecular weight is 369 g/mol. The van der Waals surface area contributed by atoms with Crippen molar-refractivity contribution in [1.29, 1.82) is 0 Å². The molecule has 2 aromatic carbocycles. The van der Waals surface area contributed by atoms with Gasteiger partial charge >= 0.3 is 0 Å². The lowest BCUT2D eigenvalue weighted by Crippen LogP contribution is -2.29. The van der Waals surface area contributed by atoms with Crippen molar-refractivity contribution in [3.05, 3.63) is 64.4 Å². The maximum atomic E-state index is 12.1. The van der Waals surface area contributed by atoms with Crippen LogP contribution < -0.4 is 15.4 Å². The summed E-state index contributed by atoms with van der Waals surface area (Å²) in [6.45, 7) is 0.937. The van der Waals surface area contributed by atoms with Gasteiger partial charge in [0.05, 0.1) is 24.7 Å². The number of anilines is 1. The molecule has 0 fully saturated rings. The maximum absolute atomic E-state index is 12.1. The van der Waals surface area contributed by atoms with Crippen molar-refractivity contribution in [2.24, 2.45) is 0 Å². The first-order chi connectivity index (χ1) is 13.1. The number of benzene rings is 2. The van der Waals surface area contributed by atoms with Gasteiger partial charge in [0.15, 0.2) is 0 Å². The van der Waals surface area contributed by atoms with Gasteiger partial charge in [0, 0.05) is 47.9 Å². The monoisotopic (exact) mass is 369 g/mol. The summed E-state index contributed by atoms with van der Waals surface area (Å²) < 4.78 is 10.6. The number of nitro benzene ring substituents is 1. The Hall–Kier alpha value is -3.55. The van der Waals surface area contributed by atoms with E-state index in [1.165, 1.54) is 12.1 Å². The number of furan rings is 1. The van der Waals surface area contributed by atoms with Gasteiger partial charge in [0.25, 0.3) is 5.69 Å². The molecule has 8 heteroatoms. The van der Waals surface area contributed by atoms with Crippen LogP contribution in [-0.2, 0) is 11.2 Å². The number of methoxy groups -OCH3 is 1. The fourth-order valence-corrected chi connectivity index (χ4v) is 2.67. The molecule has 2 N–H and O–H groups in total. The smallest absolute Gasteiger partial charge is 0.269 e. The van der Waals surface area contributed by atoms with Crippen molar-refractivity contribution in [2.75, 3.05) is 25.5 Å². The lowest BCUT2D eigenvalue weighted by atomic mass is 10.1. The van der Waals surface area contributed by atoms with E-state index in [-0.39, 0.29) is 18.0 Å². The summed E-state index contributed by atoms with van der Waals surface area (Å²) in [4.78, 5) is 22.3. The number of hydrogen-bond donors (Lipinski definition) is 2. The molecule has 27 heavy (non-hydrogen) atoms. The van der Waals surface area contributed by atoms with Gasteiger partial charge in [-0.25, -0.2) is 0 Å². The number of ether oxygens (including phenoxy) is 1. The molecule has 1 amide bonds. The molecule has 3 rings (SSSR count). The molecule has 0 saturated carbocycles. The van der Waals surface area contributed by atoms with E-state index in [0.717, 1.165) is 16.6 Å². The summed E-state index contributed by atoms with van der Waals surface area (Å²) in [6, 6.07) is 11.6. The van der Waals surface area contributed by atoms with Crippen LogP contribution in [0.3, 0.4) is 0 Å². The second kappa shape index (κ2) is 8.22. The van der Waals surface area contributed by atoms with Gasteiger partial charge in [0.2, 0.25) is 5.91 Å². The van der Waals surface area contributed by atoms with Crippen LogP contribution in [-0.4, -0.2) is 31.0 Å². The minimum atomic E-state index is -0.445. The van der Waals surface area contributed by atoms with Crippen LogP contribution in [0.1, 0.15) is 5.56 Å². The van der Waals surface area contributed by atoms with Gasteiger partial charge < -0.3 is 19.8 Å². The lowest BCUT2D eigenvalue weighted by Gasteiger charge is -2.07. The van der Waals surface area contributed by atoms with Crippen molar-refractivity contribution < 1.29 is 18.9 Å². The molecule has 0 spiro atoms. The van der Waals surface area contributed by atoms with Crippen molar-refractivity contribution >= 4 is 28.3 Å². The third-order valence-corrected chi connectivity index (χ3v) is 4.07. The quantitative estimate of drug-likeness (QED) is 0.359. The van der Waals surface area contributed by atoms with Crippen LogP contribution >= 0.6 is 0 Å². The molecular formula is C19H19N3O5. The topological polar surface area (TPSA) is 107 Å². The Morgan fingerprint density at radius 1 is 1.19 bits per heavy atom. The number of carbonyl (C=O) groups is 1. The van der Waals surface area contributed by atoms with E-state index < -0.39 is 4.92 Å². The summed E-state index contributed by atoms with van der Waals surface area (Å²) >= 11 is 0. The third-order valence-electron chi connectivity index (χ3n) is 4.07. The zero-order valence-corrected chi connectivity index (χ0v) is 14.7. The van der Waals surface area contributed by atoms with E-state index >= 15 is 0 Å². The largest absolute Gasteiger partial charge is 0.497 e. The van der Waals surface area contributed by atoms with Crippen LogP contribution in [0.25, 0.3) is 11.0 Å². The zero-order valence-electron chi connectivity index (χ0n) is 14.7. The predicted molar refractivity (Wildman–Crippen MR) is 101 cm³/mol. The number of non-ortho nitro benzene ring substituents is 1. The highest BCUT2D eigenvalue weighted by molar-refractivity contribution is 5.88. The molecule has 0 radical (unpaired) electrons. The summed E-state index contributed by atoms with van der Waals surface area (Å²) in [5.74, 6) is 0.587. The second-order valence-electron chi connectivity index (χ2n) is 5.88. The number of rotatable bonds is 8. The molecule has 0 saturated heterocycles. The van der Waals surface area contributed by atoms with Crippen LogP contribution in [0.2, 0.25) is 0 Å². The molecule has 0 bridgehead atoms. The first-order valence-electron chi connectivity index (χ1n) is 8.36. The summed E-state index contributed by atoms with van der Waals surface area (Å²) in [6.07, 6.45) is 1.80. The van der Waals surface area contributed by atoms with Crippen LogP contribution in [0.4, 0.5) is 11.4 Å². The first-order valence-corrected chi connectivity index (χ1v) is 8.36. The summed E-state index contributed by atoms with van der Waals surface area (Å²) in [5.41, 5.74) is 2.29. The normalized spacial score (nSPS) is 10.6. The number of carbonyl (C=O) groups excluding carboxylic acids is 1. The number of nitrogens with zero attached hydrogens (tertiary/aromatic N) is 1. The van der Waals surface area contributed by atoms with Gasteiger partial charge in [-0.15, -0.1) is 0 Å². The number of nitrogens with one attached hydrogen (secondary N) is 2. The second-order valence-corrected chi connectivity index (χ2v) is 5.88. The molecule has 1 heterocycles. The Labute approximate surface area is 155 Å². The molecule has 1 aromatic heterocycles. The van der Waals surface area contributed by atoms with Crippen molar-refractivity contribution in [3.8, 4) is 5.75 Å². The number of fused-ring (bicyclic) bond motifs is 1. The van der Waals surface area contributed by atoms with Crippen molar-refractivity contribution in [2.45, 2.75) is 6.42 Å². The highest BCUT2D eigenvalue weighted by Crippen LogP contribution is 2.25. The van der Waals surface area contributed by atoms with E-state index in [2.05, 4.69) is 10.6 Å². The summed E-state index contributed by atoms with van der Waals surface area (Å²) in [7, 11) is 1.59. The highest BCUT2D eigenvalue weighted by atomic mass is 16.6. The van der Waals surface area contributed by atoms with E-state index in [4.69, 9.17) is 9.15 Å². The molecule has 0 aliphatic carbocycles. The third kappa shape index (κ3) is 4.55. The molecular weight excluding hydrogens is 350 g/mol. The van der Waals surface area contributed by atoms with E-state index in [0.29, 0.717) is 24.4 Å². The molecule has 0 aliphatic heterocycles. The van der Waals surface area contributed by atoms with Gasteiger partial charge in [0.1, 0.15) is 11.3 Å². The Bertz CT molecular complexity index is 950. The summed E-state index contributed by atoms with van der Waals surface area (Å²) in [5, 5.41) is 17.4. The van der Waals surface area contributed by atoms with Crippen molar-refractivity contribution in [1.82, 2.24) is 5.32 Å². The number of amides is 1. The van der Waals surface area contributed by atoms with E-state index in [9.17, 15) is 14.9 Å². The van der Waals surface area contributed by atoms with Gasteiger partial charge in [-0.1, -0.05) is 0 Å². The Balaban J connectivity index is 1.46. The lowest BCUT2D eigenvalue weighted by molar-refractivity contribution is -0.384. The molecule has 8 nitrogen and oxygen atoms in total. The average Bonchev–Trinajstić information content (AvgIpc) is 3.07. The van der Waals surface area contributed by atoms with Gasteiger partial charge in [-0.3, -0.25) is 14.9 Å². The Morgan fingerprint density at radius 2 is 1.96 bits per heavy atom. The van der Waals surface area contributed by atoms with Crippen LogP contribution in [0.15, 0.2) is 53.1 Å². The molecule has 0 aliphatic rings. The van der Waals surface area contributed by atoms with Gasteiger partial charge in [-0.05, 0) is 24.3 Å².